The highest BCUT2D eigenvalue weighted by molar-refractivity contribution is 14.1. The van der Waals surface area contributed by atoms with Crippen LogP contribution in [0.4, 0.5) is 0 Å². The number of aliphatic hydroxyl groups excluding tert-OH is 2. The lowest BCUT2D eigenvalue weighted by atomic mass is 9.78. The van der Waals surface area contributed by atoms with E-state index < -0.39 is 9.71 Å². The first-order chi connectivity index (χ1) is 13.2. The lowest BCUT2D eigenvalue weighted by molar-refractivity contribution is 0.0536. The summed E-state index contributed by atoms with van der Waals surface area (Å²) in [6.07, 6.45) is -0.885. The molecule has 154 valence electrons. The fourth-order valence-electron chi connectivity index (χ4n) is 2.58. The van der Waals surface area contributed by atoms with Gasteiger partial charge in [0.25, 0.3) is 0 Å². The van der Waals surface area contributed by atoms with Gasteiger partial charge in [-0.2, -0.15) is 0 Å². The molecule has 0 spiro atoms. The van der Waals surface area contributed by atoms with Crippen LogP contribution in [0.25, 0.3) is 0 Å². The minimum Gasteiger partial charge on any atom is -0.491 e. The summed E-state index contributed by atoms with van der Waals surface area (Å²) >= 11 is 7.57. The Kier molecular flexibility index (Phi) is 8.39. The second-order valence-corrected chi connectivity index (χ2v) is 9.44. The van der Waals surface area contributed by atoms with E-state index in [0.717, 1.165) is 11.1 Å². The number of ether oxygens (including phenoxy) is 2. The minimum atomic E-state index is -1.09. The highest BCUT2D eigenvalue weighted by atomic mass is 127. The van der Waals surface area contributed by atoms with E-state index in [1.165, 1.54) is 0 Å². The van der Waals surface area contributed by atoms with Crippen LogP contribution >= 0.6 is 34.2 Å². The van der Waals surface area contributed by atoms with E-state index in [1.54, 1.807) is 0 Å². The molecule has 28 heavy (non-hydrogen) atoms. The summed E-state index contributed by atoms with van der Waals surface area (Å²) in [5, 5.41) is 28.1. The van der Waals surface area contributed by atoms with Crippen molar-refractivity contribution in [3.63, 3.8) is 0 Å². The Bertz CT molecular complexity index is 731. The molecule has 0 aliphatic carbocycles. The second-order valence-electron chi connectivity index (χ2n) is 7.16. The molecule has 2 aromatic rings. The second kappa shape index (κ2) is 10.1. The molecule has 0 radical (unpaired) electrons. The maximum Gasteiger partial charge on any atom is 0.162 e. The number of hydrogen-bond acceptors (Lipinski definition) is 5. The number of alkyl halides is 2. The van der Waals surface area contributed by atoms with Gasteiger partial charge in [0.05, 0.1) is 12.5 Å². The molecular weight excluding hydrogens is 495 g/mol. The zero-order chi connectivity index (χ0) is 20.8. The molecule has 7 heteroatoms. The molecule has 2 atom stereocenters. The highest BCUT2D eigenvalue weighted by Gasteiger charge is 2.24. The van der Waals surface area contributed by atoms with Crippen LogP contribution in [0.1, 0.15) is 25.0 Å². The fourth-order valence-corrected chi connectivity index (χ4v) is 2.81. The normalized spacial score (nSPS) is 15.0. The van der Waals surface area contributed by atoms with E-state index in [9.17, 15) is 10.2 Å². The van der Waals surface area contributed by atoms with E-state index in [0.29, 0.717) is 11.5 Å². The standard InChI is InChI=1S/C21H26ClIO5/c1-20(2,15-3-7-18(8-4-15)27-12-17(25)11-24)16-5-9-19(10-6-16)28-14-21(23,26)13-22/h3-10,17,24-26H,11-14H2,1-2H3/t17-,21+/m1/s1. The molecule has 0 saturated carbocycles. The third-order valence-electron chi connectivity index (χ3n) is 4.47. The molecule has 0 unspecified atom stereocenters. The third-order valence-corrected chi connectivity index (χ3v) is 6.06. The van der Waals surface area contributed by atoms with E-state index in [1.807, 2.05) is 71.1 Å². The van der Waals surface area contributed by atoms with Gasteiger partial charge >= 0.3 is 0 Å². The van der Waals surface area contributed by atoms with Crippen LogP contribution in [0.2, 0.25) is 0 Å². The molecule has 0 aliphatic heterocycles. The number of hydrogen-bond donors (Lipinski definition) is 3. The molecule has 0 aliphatic rings. The van der Waals surface area contributed by atoms with Gasteiger partial charge in [-0.25, -0.2) is 0 Å². The lowest BCUT2D eigenvalue weighted by Crippen LogP contribution is -2.30. The monoisotopic (exact) mass is 520 g/mol. The first-order valence-electron chi connectivity index (χ1n) is 8.91. The van der Waals surface area contributed by atoms with Gasteiger partial charge in [0.2, 0.25) is 0 Å². The van der Waals surface area contributed by atoms with E-state index in [4.69, 9.17) is 26.2 Å². The van der Waals surface area contributed by atoms with E-state index >= 15 is 0 Å². The Labute approximate surface area is 184 Å². The molecule has 0 saturated heterocycles. The summed E-state index contributed by atoms with van der Waals surface area (Å²) in [6, 6.07) is 15.5. The van der Waals surface area contributed by atoms with Crippen molar-refractivity contribution in [1.29, 1.82) is 0 Å². The quantitative estimate of drug-likeness (QED) is 0.330. The van der Waals surface area contributed by atoms with Gasteiger partial charge < -0.3 is 24.8 Å². The number of halogens is 2. The topological polar surface area (TPSA) is 79.2 Å². The maximum atomic E-state index is 9.92. The van der Waals surface area contributed by atoms with Crippen molar-refractivity contribution in [2.45, 2.75) is 29.0 Å². The van der Waals surface area contributed by atoms with Gasteiger partial charge in [0.1, 0.15) is 30.8 Å². The Morgan fingerprint density at radius 2 is 1.43 bits per heavy atom. The number of rotatable bonds is 10. The van der Waals surface area contributed by atoms with E-state index in [2.05, 4.69) is 13.8 Å². The summed E-state index contributed by atoms with van der Waals surface area (Å²) < 4.78 is 9.97. The Morgan fingerprint density at radius 1 is 0.964 bits per heavy atom. The largest absolute Gasteiger partial charge is 0.491 e. The van der Waals surface area contributed by atoms with Crippen LogP contribution in [0.15, 0.2) is 48.5 Å². The Balaban J connectivity index is 2.05. The van der Waals surface area contributed by atoms with Crippen molar-refractivity contribution in [2.24, 2.45) is 0 Å². The molecule has 3 N–H and O–H groups in total. The van der Waals surface area contributed by atoms with Crippen molar-refractivity contribution < 1.29 is 24.8 Å². The van der Waals surface area contributed by atoms with Crippen molar-refractivity contribution in [3.05, 3.63) is 59.7 Å². The van der Waals surface area contributed by atoms with Gasteiger partial charge in [-0.3, -0.25) is 0 Å². The molecular formula is C21H26ClIO5. The van der Waals surface area contributed by atoms with Crippen LogP contribution < -0.4 is 9.47 Å². The summed E-state index contributed by atoms with van der Waals surface area (Å²) in [5.74, 6) is 1.41. The zero-order valence-corrected chi connectivity index (χ0v) is 18.9. The average molecular weight is 521 g/mol. The Hall–Kier alpha value is -1.06. The molecule has 0 amide bonds. The minimum absolute atomic E-state index is 0.0523. The van der Waals surface area contributed by atoms with Gasteiger partial charge in [-0.05, 0) is 58.0 Å². The first-order valence-corrected chi connectivity index (χ1v) is 10.5. The lowest BCUT2D eigenvalue weighted by Gasteiger charge is -2.27. The summed E-state index contributed by atoms with van der Waals surface area (Å²) in [7, 11) is 0. The van der Waals surface area contributed by atoms with E-state index in [-0.39, 0.29) is 31.1 Å². The molecule has 0 aromatic heterocycles. The molecule has 2 rings (SSSR count). The summed E-state index contributed by atoms with van der Waals surface area (Å²) in [4.78, 5) is 0. The molecule has 5 nitrogen and oxygen atoms in total. The van der Waals surface area contributed by atoms with Crippen LogP contribution in [-0.2, 0) is 5.41 Å². The van der Waals surface area contributed by atoms with Gasteiger partial charge in [0, 0.05) is 5.41 Å². The molecule has 2 aromatic carbocycles. The number of benzene rings is 2. The predicted octanol–water partition coefficient (Wildman–Crippen LogP) is 3.49. The van der Waals surface area contributed by atoms with Gasteiger partial charge in [-0.1, -0.05) is 38.1 Å². The molecule has 0 fully saturated rings. The van der Waals surface area contributed by atoms with Crippen LogP contribution in [0.3, 0.4) is 0 Å². The van der Waals surface area contributed by atoms with Crippen LogP contribution in [0, 0.1) is 0 Å². The zero-order valence-electron chi connectivity index (χ0n) is 15.9. The highest BCUT2D eigenvalue weighted by Crippen LogP contribution is 2.33. The maximum absolute atomic E-state index is 9.92. The summed E-state index contributed by atoms with van der Waals surface area (Å²) in [6.45, 7) is 4.10. The van der Waals surface area contributed by atoms with Gasteiger partial charge in [-0.15, -0.1) is 11.6 Å². The fraction of sp³-hybridized carbons (Fsp3) is 0.429. The van der Waals surface area contributed by atoms with Crippen LogP contribution in [-0.4, -0.2) is 50.7 Å². The summed E-state index contributed by atoms with van der Waals surface area (Å²) in [5.41, 5.74) is 1.99. The SMILES string of the molecule is CC(C)(c1ccc(OC[C@H](O)CO)cc1)c1ccc(OC[C@](O)(I)CCl)cc1. The molecule has 0 heterocycles. The van der Waals surface area contributed by atoms with Crippen molar-refractivity contribution in [3.8, 4) is 11.5 Å². The number of aliphatic hydroxyl groups is 3. The molecule has 0 bridgehead atoms. The van der Waals surface area contributed by atoms with Gasteiger partial charge in [0.15, 0.2) is 3.61 Å². The van der Waals surface area contributed by atoms with Crippen molar-refractivity contribution in [2.75, 3.05) is 25.7 Å². The van der Waals surface area contributed by atoms with Crippen LogP contribution in [0.5, 0.6) is 11.5 Å². The van der Waals surface area contributed by atoms with Crippen molar-refractivity contribution in [1.82, 2.24) is 0 Å². The Morgan fingerprint density at radius 3 is 1.86 bits per heavy atom. The average Bonchev–Trinajstić information content (AvgIpc) is 2.71. The third kappa shape index (κ3) is 6.49. The first kappa shape index (κ1) is 23.2. The smallest absolute Gasteiger partial charge is 0.162 e. The van der Waals surface area contributed by atoms with Crippen molar-refractivity contribution >= 4 is 34.2 Å². The predicted molar refractivity (Wildman–Crippen MR) is 119 cm³/mol.